The van der Waals surface area contributed by atoms with Crippen molar-refractivity contribution in [2.45, 2.75) is 45.4 Å². The average Bonchev–Trinajstić information content (AvgIpc) is 2.52. The van der Waals surface area contributed by atoms with Gasteiger partial charge in [0.05, 0.1) is 0 Å². The molecule has 0 N–H and O–H groups in total. The maximum atomic E-state index is 2.34. The monoisotopic (exact) mass is 206 g/mol. The molecule has 0 saturated heterocycles. The molecule has 1 heterocycles. The molecule has 0 nitrogen and oxygen atoms in total. The van der Waals surface area contributed by atoms with Crippen LogP contribution in [0.15, 0.2) is 12.1 Å². The van der Waals surface area contributed by atoms with Crippen LogP contribution in [0.5, 0.6) is 0 Å². The van der Waals surface area contributed by atoms with E-state index in [-0.39, 0.29) is 0 Å². The van der Waals surface area contributed by atoms with E-state index < -0.39 is 0 Å². The van der Waals surface area contributed by atoms with Gasteiger partial charge < -0.3 is 0 Å². The van der Waals surface area contributed by atoms with Crippen LogP contribution in [-0.2, 0) is 6.42 Å². The highest BCUT2D eigenvalue weighted by Gasteiger charge is 2.05. The topological polar surface area (TPSA) is 0 Å². The minimum absolute atomic E-state index is 1.26. The minimum Gasteiger partial charge on any atom is -0.145 e. The number of allylic oxidation sites excluding steroid dienone is 1. The second-order valence-electron chi connectivity index (χ2n) is 4.09. The molecular formula is C13H18S. The summed E-state index contributed by atoms with van der Waals surface area (Å²) in [5, 5.41) is 0. The van der Waals surface area contributed by atoms with Gasteiger partial charge in [-0.1, -0.05) is 25.0 Å². The zero-order valence-corrected chi connectivity index (χ0v) is 9.70. The molecule has 0 amide bonds. The summed E-state index contributed by atoms with van der Waals surface area (Å²) < 4.78 is 0. The third-order valence-electron chi connectivity index (χ3n) is 2.79. The van der Waals surface area contributed by atoms with Gasteiger partial charge in [-0.05, 0) is 44.2 Å². The van der Waals surface area contributed by atoms with Gasteiger partial charge in [0.2, 0.25) is 0 Å². The van der Waals surface area contributed by atoms with E-state index in [0.717, 1.165) is 0 Å². The van der Waals surface area contributed by atoms with Crippen LogP contribution in [0.4, 0.5) is 0 Å². The van der Waals surface area contributed by atoms with Gasteiger partial charge in [0.1, 0.15) is 0 Å². The zero-order valence-electron chi connectivity index (χ0n) is 8.88. The molecule has 0 fully saturated rings. The fourth-order valence-electron chi connectivity index (χ4n) is 2.03. The average molecular weight is 206 g/mol. The summed E-state index contributed by atoms with van der Waals surface area (Å²) in [7, 11) is 0. The molecule has 0 radical (unpaired) electrons. The Morgan fingerprint density at radius 2 is 2.00 bits per heavy atom. The van der Waals surface area contributed by atoms with E-state index in [1.807, 2.05) is 11.3 Å². The summed E-state index contributed by atoms with van der Waals surface area (Å²) in [6.45, 7) is 2.21. The van der Waals surface area contributed by atoms with Crippen LogP contribution in [0.3, 0.4) is 0 Å². The Kier molecular flexibility index (Phi) is 3.41. The molecule has 76 valence electrons. The van der Waals surface area contributed by atoms with Crippen LogP contribution >= 0.6 is 11.3 Å². The Morgan fingerprint density at radius 1 is 1.14 bits per heavy atom. The van der Waals surface area contributed by atoms with E-state index in [2.05, 4.69) is 25.1 Å². The summed E-state index contributed by atoms with van der Waals surface area (Å²) in [4.78, 5) is 3.06. The largest absolute Gasteiger partial charge is 0.145 e. The summed E-state index contributed by atoms with van der Waals surface area (Å²) in [6.07, 6.45) is 12.8. The van der Waals surface area contributed by atoms with Crippen molar-refractivity contribution in [1.29, 1.82) is 0 Å². The molecule has 0 spiro atoms. The van der Waals surface area contributed by atoms with Crippen molar-refractivity contribution < 1.29 is 0 Å². The van der Waals surface area contributed by atoms with Crippen molar-refractivity contribution in [2.75, 3.05) is 0 Å². The predicted molar refractivity (Wildman–Crippen MR) is 64.9 cm³/mol. The first-order valence-electron chi connectivity index (χ1n) is 5.62. The Morgan fingerprint density at radius 3 is 2.93 bits per heavy atom. The fraction of sp³-hybridized carbons (Fsp3) is 0.538. The molecule has 2 rings (SSSR count). The van der Waals surface area contributed by atoms with Crippen LogP contribution in [0.25, 0.3) is 6.08 Å². The SMILES string of the molecule is Cc1cc2c(s1)CCCCCC/C=C\2. The quantitative estimate of drug-likeness (QED) is 0.583. The Bertz CT molecular complexity index is 320. The van der Waals surface area contributed by atoms with Crippen LogP contribution in [0, 0.1) is 6.92 Å². The normalized spacial score (nSPS) is 20.1. The first kappa shape index (κ1) is 9.97. The first-order chi connectivity index (χ1) is 6.86. The van der Waals surface area contributed by atoms with Crippen LogP contribution in [0.1, 0.15) is 47.4 Å². The summed E-state index contributed by atoms with van der Waals surface area (Å²) in [6, 6.07) is 2.33. The Balaban J connectivity index is 2.21. The zero-order chi connectivity index (χ0) is 9.80. The molecule has 1 aromatic rings. The lowest BCUT2D eigenvalue weighted by Gasteiger charge is -2.03. The van der Waals surface area contributed by atoms with E-state index in [1.54, 1.807) is 4.88 Å². The molecular weight excluding hydrogens is 188 g/mol. The lowest BCUT2D eigenvalue weighted by atomic mass is 10.0. The van der Waals surface area contributed by atoms with Gasteiger partial charge in [-0.25, -0.2) is 0 Å². The highest BCUT2D eigenvalue weighted by Crippen LogP contribution is 2.26. The molecule has 0 aliphatic heterocycles. The van der Waals surface area contributed by atoms with Crippen molar-refractivity contribution in [1.82, 2.24) is 0 Å². The van der Waals surface area contributed by atoms with E-state index >= 15 is 0 Å². The van der Waals surface area contributed by atoms with Gasteiger partial charge in [-0.3, -0.25) is 0 Å². The maximum Gasteiger partial charge on any atom is 0.0120 e. The third-order valence-corrected chi connectivity index (χ3v) is 3.91. The van der Waals surface area contributed by atoms with E-state index in [4.69, 9.17) is 0 Å². The molecule has 1 heteroatoms. The number of fused-ring (bicyclic) bond motifs is 1. The highest BCUT2D eigenvalue weighted by atomic mass is 32.1. The molecule has 0 saturated carbocycles. The number of hydrogen-bond acceptors (Lipinski definition) is 1. The molecule has 14 heavy (non-hydrogen) atoms. The molecule has 0 aromatic carbocycles. The van der Waals surface area contributed by atoms with Crippen LogP contribution in [-0.4, -0.2) is 0 Å². The second-order valence-corrected chi connectivity index (χ2v) is 5.43. The molecule has 0 atom stereocenters. The molecule has 0 bridgehead atoms. The smallest absolute Gasteiger partial charge is 0.0120 e. The van der Waals surface area contributed by atoms with Gasteiger partial charge in [-0.15, -0.1) is 11.3 Å². The van der Waals surface area contributed by atoms with Gasteiger partial charge >= 0.3 is 0 Å². The van der Waals surface area contributed by atoms with Crippen LogP contribution in [0.2, 0.25) is 0 Å². The van der Waals surface area contributed by atoms with Gasteiger partial charge in [0.15, 0.2) is 0 Å². The van der Waals surface area contributed by atoms with Crippen molar-refractivity contribution in [3.05, 3.63) is 27.5 Å². The molecule has 0 unspecified atom stereocenters. The van der Waals surface area contributed by atoms with Gasteiger partial charge in [0, 0.05) is 9.75 Å². The maximum absolute atomic E-state index is 2.34. The summed E-state index contributed by atoms with van der Waals surface area (Å²) >= 11 is 1.98. The third kappa shape index (κ3) is 2.48. The van der Waals surface area contributed by atoms with Crippen molar-refractivity contribution >= 4 is 17.4 Å². The Hall–Kier alpha value is -0.560. The van der Waals surface area contributed by atoms with Gasteiger partial charge in [-0.2, -0.15) is 0 Å². The predicted octanol–water partition coefficient (Wildman–Crippen LogP) is 4.58. The number of aryl methyl sites for hydroxylation is 2. The molecule has 1 aliphatic carbocycles. The summed E-state index contributed by atoms with van der Waals surface area (Å²) in [5.74, 6) is 0. The number of rotatable bonds is 0. The number of hydrogen-bond donors (Lipinski definition) is 0. The lowest BCUT2D eigenvalue weighted by Crippen LogP contribution is -1.86. The highest BCUT2D eigenvalue weighted by molar-refractivity contribution is 7.12. The second kappa shape index (κ2) is 4.79. The van der Waals surface area contributed by atoms with Crippen molar-refractivity contribution in [3.63, 3.8) is 0 Å². The minimum atomic E-state index is 1.26. The lowest BCUT2D eigenvalue weighted by molar-refractivity contribution is 0.647. The molecule has 1 aromatic heterocycles. The summed E-state index contributed by atoms with van der Waals surface area (Å²) in [5.41, 5.74) is 1.48. The van der Waals surface area contributed by atoms with E-state index in [1.165, 1.54) is 49.0 Å². The fourth-order valence-corrected chi connectivity index (χ4v) is 3.10. The molecule has 1 aliphatic rings. The van der Waals surface area contributed by atoms with Crippen molar-refractivity contribution in [3.8, 4) is 0 Å². The van der Waals surface area contributed by atoms with E-state index in [0.29, 0.717) is 0 Å². The van der Waals surface area contributed by atoms with Crippen LogP contribution < -0.4 is 0 Å². The first-order valence-corrected chi connectivity index (χ1v) is 6.44. The van der Waals surface area contributed by atoms with Crippen molar-refractivity contribution in [2.24, 2.45) is 0 Å². The standard InChI is InChI=1S/C13H18S/c1-11-10-12-8-6-4-2-3-5-7-9-13(12)14-11/h6,8,10H,2-5,7,9H2,1H3/b8-6-. The van der Waals surface area contributed by atoms with Gasteiger partial charge in [0.25, 0.3) is 0 Å². The Labute approximate surface area is 90.7 Å². The number of thiophene rings is 1. The van der Waals surface area contributed by atoms with E-state index in [9.17, 15) is 0 Å².